The van der Waals surface area contributed by atoms with Crippen LogP contribution in [-0.4, -0.2) is 129 Å². The summed E-state index contributed by atoms with van der Waals surface area (Å²) in [5.41, 5.74) is -1.47. The first-order valence-corrected chi connectivity index (χ1v) is 24.5. The number of carbonyl (C=O) groups excluding carboxylic acids is 2. The molecule has 0 saturated carbocycles. The summed E-state index contributed by atoms with van der Waals surface area (Å²) >= 11 is 0. The first-order valence-electron chi connectivity index (χ1n) is 23.0. The second-order valence-electron chi connectivity index (χ2n) is 18.6. The summed E-state index contributed by atoms with van der Waals surface area (Å²) < 4.78 is 75.9. The molecule has 2 amide bonds. The van der Waals surface area contributed by atoms with Gasteiger partial charge in [-0.3, -0.25) is 28.4 Å². The van der Waals surface area contributed by atoms with E-state index in [4.69, 9.17) is 9.47 Å². The topological polar surface area (TPSA) is 241 Å². The molecule has 5 aromatic rings. The molecule has 364 valence electrons. The van der Waals surface area contributed by atoms with Crippen molar-refractivity contribution in [3.8, 4) is 17.6 Å². The third-order valence-corrected chi connectivity index (χ3v) is 15.8. The Morgan fingerprint density at radius 1 is 1.00 bits per heavy atom. The number of ether oxygens (including phenoxy) is 2. The number of anilines is 3. The summed E-state index contributed by atoms with van der Waals surface area (Å²) in [6.07, 6.45) is 3.64. The molecular weight excluding hydrogens is 921 g/mol. The minimum absolute atomic E-state index is 0.0291. The maximum Gasteiger partial charge on any atom is 0.301 e. The Labute approximate surface area is 394 Å². The van der Waals surface area contributed by atoms with Crippen LogP contribution in [0, 0.1) is 23.0 Å². The van der Waals surface area contributed by atoms with Crippen molar-refractivity contribution in [3.05, 3.63) is 76.3 Å². The van der Waals surface area contributed by atoms with Crippen LogP contribution in [0.2, 0.25) is 0 Å². The fourth-order valence-electron chi connectivity index (χ4n) is 10.3. The Hall–Kier alpha value is -6.45. The number of nitriles is 1. The number of likely N-dealkylation sites (tertiary alicyclic amines) is 1. The number of benzene rings is 3. The number of carbonyl (C=O) groups is 2. The van der Waals surface area contributed by atoms with Crippen molar-refractivity contribution in [2.45, 2.75) is 81.4 Å². The molecule has 23 heteroatoms. The van der Waals surface area contributed by atoms with Gasteiger partial charge in [0.2, 0.25) is 18.2 Å². The van der Waals surface area contributed by atoms with E-state index in [0.717, 1.165) is 12.1 Å². The van der Waals surface area contributed by atoms with Crippen LogP contribution in [0.3, 0.4) is 0 Å². The number of hydrogen-bond donors (Lipinski definition) is 4. The van der Waals surface area contributed by atoms with Gasteiger partial charge in [-0.2, -0.15) is 23.1 Å². The van der Waals surface area contributed by atoms with Crippen LogP contribution in [0.4, 0.5) is 26.0 Å². The molecular formula is C46H51F2N11O9S. The number of halogens is 2. The fraction of sp³-hybridized carbons (Fsp3) is 0.478. The number of amides is 2. The van der Waals surface area contributed by atoms with Gasteiger partial charge in [-0.15, -0.1) is 0 Å². The smallest absolute Gasteiger partial charge is 0.301 e. The quantitative estimate of drug-likeness (QED) is 0.157. The maximum absolute atomic E-state index is 15.8. The number of fused-ring (bicyclic) bond motifs is 2. The molecule has 4 N–H and O–H groups in total. The van der Waals surface area contributed by atoms with Gasteiger partial charge in [-0.25, -0.2) is 13.8 Å². The molecule has 3 aromatic carbocycles. The van der Waals surface area contributed by atoms with Gasteiger partial charge in [-0.1, -0.05) is 0 Å². The van der Waals surface area contributed by atoms with Crippen molar-refractivity contribution < 1.29 is 46.5 Å². The lowest BCUT2D eigenvalue weighted by Crippen LogP contribution is -2.54. The Balaban J connectivity index is 0.755. The fourth-order valence-corrected chi connectivity index (χ4v) is 11.7. The molecule has 5 saturated heterocycles. The zero-order valence-electron chi connectivity index (χ0n) is 37.7. The molecule has 2 aromatic heterocycles. The molecule has 10 rings (SSSR count). The number of hydrogen-bond acceptors (Lipinski definition) is 14. The lowest BCUT2D eigenvalue weighted by atomic mass is 9.85. The third kappa shape index (κ3) is 8.79. The van der Waals surface area contributed by atoms with Crippen LogP contribution in [-0.2, 0) is 31.6 Å². The van der Waals surface area contributed by atoms with E-state index in [9.17, 15) is 38.3 Å². The summed E-state index contributed by atoms with van der Waals surface area (Å²) in [7, 11) is -2.28. The van der Waals surface area contributed by atoms with Gasteiger partial charge in [0.05, 0.1) is 64.4 Å². The van der Waals surface area contributed by atoms with Gasteiger partial charge in [0.25, 0.3) is 5.56 Å². The van der Waals surface area contributed by atoms with Crippen molar-refractivity contribution in [1.82, 2.24) is 33.9 Å². The van der Waals surface area contributed by atoms with Crippen LogP contribution in [0.5, 0.6) is 11.5 Å². The minimum atomic E-state index is -4.00. The lowest BCUT2D eigenvalue weighted by molar-refractivity contribution is -0.142. The Morgan fingerprint density at radius 2 is 1.75 bits per heavy atom. The second-order valence-corrected chi connectivity index (χ2v) is 20.3. The average molecular weight is 972 g/mol. The number of rotatable bonds is 10. The summed E-state index contributed by atoms with van der Waals surface area (Å²) in [5.74, 6) is -2.00. The zero-order valence-corrected chi connectivity index (χ0v) is 38.6. The normalized spacial score (nSPS) is 21.8. The van der Waals surface area contributed by atoms with E-state index in [1.165, 1.54) is 44.4 Å². The predicted octanol–water partition coefficient (Wildman–Crippen LogP) is 3.32. The summed E-state index contributed by atoms with van der Waals surface area (Å²) in [6.45, 7) is 2.49. The van der Waals surface area contributed by atoms with Crippen molar-refractivity contribution in [3.63, 3.8) is 0 Å². The first kappa shape index (κ1) is 46.3. The Bertz CT molecular complexity index is 3090. The molecule has 5 aliphatic heterocycles. The molecule has 20 nitrogen and oxygen atoms in total. The predicted molar refractivity (Wildman–Crippen MR) is 246 cm³/mol. The zero-order chi connectivity index (χ0) is 48.4. The van der Waals surface area contributed by atoms with Crippen LogP contribution in [0.1, 0.15) is 69.4 Å². The third-order valence-electron chi connectivity index (χ3n) is 14.3. The minimum Gasteiger partial charge on any atom is -0.453 e. The summed E-state index contributed by atoms with van der Waals surface area (Å²) in [5, 5.41) is 39.7. The molecule has 1 unspecified atom stereocenters. The highest BCUT2D eigenvalue weighted by Crippen LogP contribution is 2.42. The molecule has 0 bridgehead atoms. The van der Waals surface area contributed by atoms with E-state index in [1.807, 2.05) is 11.0 Å². The summed E-state index contributed by atoms with van der Waals surface area (Å²) in [6, 6.07) is 11.1. The first-order chi connectivity index (χ1) is 33.0. The SMILES string of the molecule is Cn1nc(N2CCC(=O)NC2O)c2cc(F)c(N3CCC(O)(CC(=O)N4CCC5(CC4)C[C@@H](n4cnc6ccc(Oc7c(F)ccc(NS(=O)(=O)N8CCCC8)c7C#N)cc6c4=O)CO5)CC3)cc21. The van der Waals surface area contributed by atoms with Crippen molar-refractivity contribution in [2.24, 2.45) is 7.05 Å². The van der Waals surface area contributed by atoms with Gasteiger partial charge < -0.3 is 39.7 Å². The number of nitrogens with zero attached hydrogens (tertiary/aromatic N) is 9. The number of nitrogens with one attached hydrogen (secondary N) is 2. The van der Waals surface area contributed by atoms with Gasteiger partial charge in [0, 0.05) is 64.7 Å². The van der Waals surface area contributed by atoms with Crippen LogP contribution in [0.25, 0.3) is 21.8 Å². The highest BCUT2D eigenvalue weighted by atomic mass is 32.2. The standard InChI is InChI=1S/C46H51F2N11O9S/c1-54-37-22-38(34(48)21-31(37)42(52-54)58-15-8-39(60)51-44(58)63)55-16-9-45(64,10-17-55)24-40(61)56-18-11-46(12-19-56)23-28(26-67-46)59-27-50-35-6-4-29(20-30(35)43(59)62)68-41-32(25-49)36(7-5-33(41)47)53-69(65,66)57-13-2-3-14-57/h4-7,20-22,27-28,44,53,63-64H,2-3,8-19,23-24,26H2,1H3,(H,51,60)/t28-,44?/m1/s1. The largest absolute Gasteiger partial charge is 0.453 e. The molecule has 69 heavy (non-hydrogen) atoms. The van der Waals surface area contributed by atoms with Crippen LogP contribution < -0.4 is 30.1 Å². The molecule has 5 fully saturated rings. The monoisotopic (exact) mass is 971 g/mol. The van der Waals surface area contributed by atoms with E-state index in [1.54, 1.807) is 22.7 Å². The van der Waals surface area contributed by atoms with E-state index < -0.39 is 50.7 Å². The van der Waals surface area contributed by atoms with Crippen LogP contribution in [0.15, 0.2) is 53.6 Å². The molecule has 0 aliphatic carbocycles. The maximum atomic E-state index is 15.8. The van der Waals surface area contributed by atoms with Gasteiger partial charge in [0.1, 0.15) is 23.2 Å². The molecule has 5 aliphatic rings. The molecule has 1 spiro atoms. The van der Waals surface area contributed by atoms with Gasteiger partial charge in [-0.05, 0) is 87.4 Å². The Morgan fingerprint density at radius 3 is 2.48 bits per heavy atom. The highest BCUT2D eigenvalue weighted by molar-refractivity contribution is 7.90. The van der Waals surface area contributed by atoms with E-state index in [0.29, 0.717) is 99.3 Å². The number of aliphatic hydroxyl groups excluding tert-OH is 1. The number of aryl methyl sites for hydroxylation is 1. The summed E-state index contributed by atoms with van der Waals surface area (Å²) in [4.78, 5) is 49.0. The van der Waals surface area contributed by atoms with E-state index in [-0.39, 0.29) is 79.1 Å². The Kier molecular flexibility index (Phi) is 12.0. The van der Waals surface area contributed by atoms with Crippen molar-refractivity contribution in [1.29, 1.82) is 5.26 Å². The molecule has 0 radical (unpaired) electrons. The van der Waals surface area contributed by atoms with Crippen molar-refractivity contribution in [2.75, 3.05) is 66.9 Å². The highest BCUT2D eigenvalue weighted by Gasteiger charge is 2.45. The van der Waals surface area contributed by atoms with Crippen LogP contribution >= 0.6 is 0 Å². The number of aromatic nitrogens is 4. The second kappa shape index (κ2) is 17.8. The molecule has 2 atom stereocenters. The van der Waals surface area contributed by atoms with Crippen molar-refractivity contribution >= 4 is 61.0 Å². The number of piperidine rings is 2. The van der Waals surface area contributed by atoms with E-state index in [2.05, 4.69) is 20.1 Å². The number of aliphatic hydroxyl groups is 2. The van der Waals surface area contributed by atoms with Gasteiger partial charge in [0.15, 0.2) is 17.4 Å². The molecule has 7 heterocycles. The average Bonchev–Trinajstić information content (AvgIpc) is 4.09. The van der Waals surface area contributed by atoms with Gasteiger partial charge >= 0.3 is 10.2 Å². The lowest BCUT2D eigenvalue weighted by Gasteiger charge is -2.42. The van der Waals surface area contributed by atoms with E-state index >= 15 is 8.78 Å².